The third-order valence-corrected chi connectivity index (χ3v) is 3.51. The molecule has 0 bridgehead atoms. The number of hydrogen-bond acceptors (Lipinski definition) is 3. The molecule has 1 N–H and O–H groups in total. The molecule has 18 heavy (non-hydrogen) atoms. The molecule has 0 spiro atoms. The molecule has 1 unspecified atom stereocenters. The molecular weight excluding hydrogens is 268 g/mol. The fraction of sp³-hybridized carbons (Fsp3) is 0.692. The summed E-state index contributed by atoms with van der Waals surface area (Å²) in [5, 5.41) is 5.32. The highest BCUT2D eigenvalue weighted by atomic mass is 35.5. The second kappa shape index (κ2) is 6.53. The maximum Gasteiger partial charge on any atom is 0.226 e. The fourth-order valence-corrected chi connectivity index (χ4v) is 2.98. The predicted molar refractivity (Wildman–Crippen MR) is 78.2 cm³/mol. The Hall–Kier alpha value is -0.610. The molecule has 0 aliphatic carbocycles. The van der Waals surface area contributed by atoms with Crippen LogP contribution in [-0.4, -0.2) is 10.9 Å². The first-order valence-electron chi connectivity index (χ1n) is 6.10. The number of carbonyl (C=O) groups excluding carboxylic acids is 1. The summed E-state index contributed by atoms with van der Waals surface area (Å²) in [7, 11) is 0. The molecule has 3 nitrogen and oxygen atoms in total. The Kier molecular flexibility index (Phi) is 5.60. The van der Waals surface area contributed by atoms with Crippen LogP contribution in [0.15, 0.2) is 5.38 Å². The lowest BCUT2D eigenvalue weighted by molar-refractivity contribution is -0.117. The first kappa shape index (κ1) is 15.4. The quantitative estimate of drug-likeness (QED) is 0.822. The van der Waals surface area contributed by atoms with Crippen LogP contribution in [0.25, 0.3) is 0 Å². The molecule has 0 radical (unpaired) electrons. The molecule has 1 amide bonds. The van der Waals surface area contributed by atoms with Gasteiger partial charge in [-0.25, -0.2) is 4.98 Å². The molecule has 0 aliphatic rings. The number of carbonyl (C=O) groups is 1. The fourth-order valence-electron chi connectivity index (χ4n) is 2.03. The van der Waals surface area contributed by atoms with E-state index < -0.39 is 0 Å². The molecule has 0 fully saturated rings. The molecule has 102 valence electrons. The van der Waals surface area contributed by atoms with Gasteiger partial charge in [0, 0.05) is 11.8 Å². The van der Waals surface area contributed by atoms with Crippen molar-refractivity contribution >= 4 is 34.0 Å². The van der Waals surface area contributed by atoms with Crippen molar-refractivity contribution in [1.29, 1.82) is 0 Å². The Morgan fingerprint density at radius 2 is 2.22 bits per heavy atom. The zero-order chi connectivity index (χ0) is 13.8. The van der Waals surface area contributed by atoms with Crippen molar-refractivity contribution in [2.75, 3.05) is 5.32 Å². The highest BCUT2D eigenvalue weighted by Crippen LogP contribution is 2.26. The van der Waals surface area contributed by atoms with Crippen LogP contribution < -0.4 is 5.32 Å². The molecule has 1 atom stereocenters. The SMILES string of the molecule is CC(CC(=O)Nc1nc(CCl)cs1)CC(C)(C)C. The Labute approximate surface area is 118 Å². The average Bonchev–Trinajstić information content (AvgIpc) is 2.61. The summed E-state index contributed by atoms with van der Waals surface area (Å²) in [4.78, 5) is 16.0. The highest BCUT2D eigenvalue weighted by Gasteiger charge is 2.18. The second-order valence-electron chi connectivity index (χ2n) is 5.90. The van der Waals surface area contributed by atoms with Gasteiger partial charge in [0.05, 0.1) is 11.6 Å². The topological polar surface area (TPSA) is 42.0 Å². The zero-order valence-corrected chi connectivity index (χ0v) is 13.0. The van der Waals surface area contributed by atoms with Gasteiger partial charge in [0.15, 0.2) is 5.13 Å². The van der Waals surface area contributed by atoms with Gasteiger partial charge in [0.1, 0.15) is 0 Å². The van der Waals surface area contributed by atoms with Crippen LogP contribution in [0.5, 0.6) is 0 Å². The van der Waals surface area contributed by atoms with Gasteiger partial charge in [-0.1, -0.05) is 27.7 Å². The third kappa shape index (κ3) is 5.83. The number of amides is 1. The number of rotatable bonds is 5. The molecule has 0 saturated carbocycles. The van der Waals surface area contributed by atoms with Gasteiger partial charge in [0.25, 0.3) is 0 Å². The van der Waals surface area contributed by atoms with Crippen molar-refractivity contribution in [3.05, 3.63) is 11.1 Å². The normalized spacial score (nSPS) is 13.4. The summed E-state index contributed by atoms with van der Waals surface area (Å²) < 4.78 is 0. The highest BCUT2D eigenvalue weighted by molar-refractivity contribution is 7.13. The molecule has 5 heteroatoms. The van der Waals surface area contributed by atoms with E-state index in [1.54, 1.807) is 0 Å². The number of nitrogens with zero attached hydrogens (tertiary/aromatic N) is 1. The first-order chi connectivity index (χ1) is 8.30. The van der Waals surface area contributed by atoms with E-state index in [-0.39, 0.29) is 11.3 Å². The molecule has 0 aromatic carbocycles. The van der Waals surface area contributed by atoms with Crippen molar-refractivity contribution in [3.8, 4) is 0 Å². The van der Waals surface area contributed by atoms with Gasteiger partial charge in [0.2, 0.25) is 5.91 Å². The second-order valence-corrected chi connectivity index (χ2v) is 7.03. The maximum absolute atomic E-state index is 11.8. The average molecular weight is 289 g/mol. The monoisotopic (exact) mass is 288 g/mol. The predicted octanol–water partition coefficient (Wildman–Crippen LogP) is 4.28. The summed E-state index contributed by atoms with van der Waals surface area (Å²) in [6.45, 7) is 8.68. The lowest BCUT2D eigenvalue weighted by Gasteiger charge is -2.22. The number of aromatic nitrogens is 1. The number of halogens is 1. The summed E-state index contributed by atoms with van der Waals surface area (Å²) in [5.74, 6) is 0.784. The van der Waals surface area contributed by atoms with Crippen molar-refractivity contribution in [2.45, 2.75) is 46.4 Å². The maximum atomic E-state index is 11.8. The van der Waals surface area contributed by atoms with E-state index in [0.29, 0.717) is 23.4 Å². The van der Waals surface area contributed by atoms with Gasteiger partial charge < -0.3 is 5.32 Å². The van der Waals surface area contributed by atoms with E-state index in [9.17, 15) is 4.79 Å². The van der Waals surface area contributed by atoms with Crippen molar-refractivity contribution < 1.29 is 4.79 Å². The zero-order valence-electron chi connectivity index (χ0n) is 11.4. The minimum absolute atomic E-state index is 0.0298. The Morgan fingerprint density at radius 1 is 1.56 bits per heavy atom. The summed E-state index contributed by atoms with van der Waals surface area (Å²) >= 11 is 7.08. The van der Waals surface area contributed by atoms with E-state index in [4.69, 9.17) is 11.6 Å². The molecular formula is C13H21ClN2OS. The third-order valence-electron chi connectivity index (χ3n) is 2.43. The Morgan fingerprint density at radius 3 is 2.72 bits per heavy atom. The molecule has 1 heterocycles. The van der Waals surface area contributed by atoms with Crippen LogP contribution in [0.2, 0.25) is 0 Å². The molecule has 1 aromatic heterocycles. The smallest absolute Gasteiger partial charge is 0.226 e. The van der Waals surface area contributed by atoms with Gasteiger partial charge in [-0.2, -0.15) is 0 Å². The van der Waals surface area contributed by atoms with Gasteiger partial charge in [-0.15, -0.1) is 22.9 Å². The van der Waals surface area contributed by atoms with Crippen LogP contribution in [0.3, 0.4) is 0 Å². The van der Waals surface area contributed by atoms with E-state index in [0.717, 1.165) is 12.1 Å². The molecule has 1 rings (SSSR count). The van der Waals surface area contributed by atoms with E-state index in [2.05, 4.69) is 38.0 Å². The van der Waals surface area contributed by atoms with Crippen molar-refractivity contribution in [3.63, 3.8) is 0 Å². The molecule has 0 aliphatic heterocycles. The van der Waals surface area contributed by atoms with Crippen molar-refractivity contribution in [1.82, 2.24) is 4.98 Å². The van der Waals surface area contributed by atoms with Crippen LogP contribution in [-0.2, 0) is 10.7 Å². The first-order valence-corrected chi connectivity index (χ1v) is 7.52. The minimum Gasteiger partial charge on any atom is -0.302 e. The van der Waals surface area contributed by atoms with Gasteiger partial charge in [-0.3, -0.25) is 4.79 Å². The van der Waals surface area contributed by atoms with Crippen LogP contribution >= 0.6 is 22.9 Å². The lowest BCUT2D eigenvalue weighted by Crippen LogP contribution is -2.18. The van der Waals surface area contributed by atoms with Crippen molar-refractivity contribution in [2.24, 2.45) is 11.3 Å². The number of alkyl halides is 1. The van der Waals surface area contributed by atoms with Gasteiger partial charge >= 0.3 is 0 Å². The van der Waals surface area contributed by atoms with E-state index >= 15 is 0 Å². The van der Waals surface area contributed by atoms with E-state index in [1.165, 1.54) is 11.3 Å². The minimum atomic E-state index is 0.0298. The van der Waals surface area contributed by atoms with Gasteiger partial charge in [-0.05, 0) is 17.8 Å². The van der Waals surface area contributed by atoms with Crippen LogP contribution in [0.1, 0.15) is 46.2 Å². The number of anilines is 1. The van der Waals surface area contributed by atoms with Crippen LogP contribution in [0, 0.1) is 11.3 Å². The Balaban J connectivity index is 2.41. The molecule has 1 aromatic rings. The summed E-state index contributed by atoms with van der Waals surface area (Å²) in [6.07, 6.45) is 1.57. The van der Waals surface area contributed by atoms with Crippen LogP contribution in [0.4, 0.5) is 5.13 Å². The molecule has 0 saturated heterocycles. The summed E-state index contributed by atoms with van der Waals surface area (Å²) in [5.41, 5.74) is 1.06. The lowest BCUT2D eigenvalue weighted by atomic mass is 9.84. The summed E-state index contributed by atoms with van der Waals surface area (Å²) in [6, 6.07) is 0. The number of hydrogen-bond donors (Lipinski definition) is 1. The number of nitrogens with one attached hydrogen (secondary N) is 1. The Bertz CT molecular complexity index is 398. The number of thiazole rings is 1. The largest absolute Gasteiger partial charge is 0.302 e. The standard InChI is InChI=1S/C13H21ClN2OS/c1-9(6-13(2,3)4)5-11(17)16-12-15-10(7-14)8-18-12/h8-9H,5-7H2,1-4H3,(H,15,16,17). The van der Waals surface area contributed by atoms with E-state index in [1.807, 2.05) is 5.38 Å².